The van der Waals surface area contributed by atoms with E-state index in [0.717, 1.165) is 23.4 Å². The van der Waals surface area contributed by atoms with Gasteiger partial charge < -0.3 is 19.7 Å². The summed E-state index contributed by atoms with van der Waals surface area (Å²) in [7, 11) is 0. The van der Waals surface area contributed by atoms with Crippen LogP contribution in [0.25, 0.3) is 0 Å². The fourth-order valence-corrected chi connectivity index (χ4v) is 5.23. The normalized spacial score (nSPS) is 21.4. The molecule has 5 rings (SSSR count). The van der Waals surface area contributed by atoms with Gasteiger partial charge in [-0.3, -0.25) is 9.69 Å². The van der Waals surface area contributed by atoms with Crippen molar-refractivity contribution >= 4 is 17.2 Å². The van der Waals surface area contributed by atoms with E-state index in [1.165, 1.54) is 0 Å². The van der Waals surface area contributed by atoms with E-state index in [2.05, 4.69) is 10.2 Å². The molecule has 3 heterocycles. The summed E-state index contributed by atoms with van der Waals surface area (Å²) in [5, 5.41) is 3.36. The van der Waals surface area contributed by atoms with Gasteiger partial charge in [-0.15, -0.1) is 0 Å². The van der Waals surface area contributed by atoms with Crippen LogP contribution in [0.1, 0.15) is 18.4 Å². The largest absolute Gasteiger partial charge is 0.486 e. The van der Waals surface area contributed by atoms with E-state index in [4.69, 9.17) is 9.47 Å². The molecule has 0 spiro atoms. The Kier molecular flexibility index (Phi) is 6.29. The standard InChI is InChI=1S/C25H28F3N3O3/c26-25(27,28)16-21(32)23(19-9-8-17-4-1-2-5-18(17)29-19)31-12-10-30(11-13-31)20-6-3-7-22-24(20)34-15-14-33-22/h1-7,19,23,29H,8-16H2. The number of ether oxygens (including phenoxy) is 2. The number of halogens is 3. The summed E-state index contributed by atoms with van der Waals surface area (Å²) >= 11 is 0. The van der Waals surface area contributed by atoms with Gasteiger partial charge in [0.1, 0.15) is 19.6 Å². The molecule has 2 aromatic carbocycles. The SMILES string of the molecule is O=C(CC(F)(F)F)C(C1CCc2ccccc2N1)N1CCN(c2cccc3c2OCCO3)CC1. The number of anilines is 2. The summed E-state index contributed by atoms with van der Waals surface area (Å²) in [4.78, 5) is 17.0. The van der Waals surface area contributed by atoms with Crippen LogP contribution in [0, 0.1) is 0 Å². The predicted octanol–water partition coefficient (Wildman–Crippen LogP) is 3.90. The van der Waals surface area contributed by atoms with Crippen LogP contribution < -0.4 is 19.7 Å². The first kappa shape index (κ1) is 22.8. The number of alkyl halides is 3. The number of ketones is 1. The lowest BCUT2D eigenvalue weighted by Crippen LogP contribution is -2.59. The molecular formula is C25H28F3N3O3. The monoisotopic (exact) mass is 475 g/mol. The number of fused-ring (bicyclic) bond motifs is 2. The van der Waals surface area contributed by atoms with Gasteiger partial charge in [0.15, 0.2) is 17.3 Å². The van der Waals surface area contributed by atoms with E-state index >= 15 is 0 Å². The van der Waals surface area contributed by atoms with Crippen LogP contribution in [-0.2, 0) is 11.2 Å². The van der Waals surface area contributed by atoms with Gasteiger partial charge in [-0.25, -0.2) is 0 Å². The lowest BCUT2D eigenvalue weighted by atomic mass is 9.89. The minimum absolute atomic E-state index is 0.363. The van der Waals surface area contributed by atoms with Gasteiger partial charge in [0.05, 0.1) is 11.7 Å². The van der Waals surface area contributed by atoms with Crippen molar-refractivity contribution in [1.82, 2.24) is 4.90 Å². The second-order valence-corrected chi connectivity index (χ2v) is 8.97. The Bertz CT molecular complexity index is 1040. The molecule has 0 saturated carbocycles. The summed E-state index contributed by atoms with van der Waals surface area (Å²) in [5.41, 5.74) is 2.94. The molecule has 3 aliphatic heterocycles. The van der Waals surface area contributed by atoms with Gasteiger partial charge in [-0.1, -0.05) is 24.3 Å². The Balaban J connectivity index is 1.33. The number of carbonyl (C=O) groups is 1. The topological polar surface area (TPSA) is 54.0 Å². The first-order chi connectivity index (χ1) is 16.4. The highest BCUT2D eigenvalue weighted by atomic mass is 19.4. The minimum atomic E-state index is -4.52. The maximum absolute atomic E-state index is 13.2. The summed E-state index contributed by atoms with van der Waals surface area (Å²) in [6.07, 6.45) is -4.58. The second kappa shape index (κ2) is 9.37. The molecule has 2 unspecified atom stereocenters. The third kappa shape index (κ3) is 4.80. The molecule has 0 radical (unpaired) electrons. The molecule has 182 valence electrons. The Labute approximate surface area is 196 Å². The van der Waals surface area contributed by atoms with E-state index in [0.29, 0.717) is 57.3 Å². The molecular weight excluding hydrogens is 447 g/mol. The number of piperazine rings is 1. The molecule has 6 nitrogen and oxygen atoms in total. The molecule has 2 aromatic rings. The zero-order valence-electron chi connectivity index (χ0n) is 18.8. The number of nitrogens with zero attached hydrogens (tertiary/aromatic N) is 2. The number of benzene rings is 2. The number of nitrogens with one attached hydrogen (secondary N) is 1. The fraction of sp³-hybridized carbons (Fsp3) is 0.480. The number of aryl methyl sites for hydroxylation is 1. The average molecular weight is 476 g/mol. The number of para-hydroxylation sites is 2. The van der Waals surface area contributed by atoms with Crippen molar-refractivity contribution in [2.24, 2.45) is 0 Å². The van der Waals surface area contributed by atoms with E-state index < -0.39 is 24.4 Å². The zero-order chi connectivity index (χ0) is 23.7. The highest BCUT2D eigenvalue weighted by Gasteiger charge is 2.42. The van der Waals surface area contributed by atoms with Gasteiger partial charge in [0, 0.05) is 37.9 Å². The number of Topliss-reactive ketones (excluding diaryl/α,β-unsaturated/α-hetero) is 1. The maximum Gasteiger partial charge on any atom is 0.395 e. The van der Waals surface area contributed by atoms with Crippen LogP contribution in [0.3, 0.4) is 0 Å². The lowest BCUT2D eigenvalue weighted by molar-refractivity contribution is -0.156. The summed E-state index contributed by atoms with van der Waals surface area (Å²) in [5.74, 6) is 0.638. The molecule has 0 bridgehead atoms. The smallest absolute Gasteiger partial charge is 0.395 e. The minimum Gasteiger partial charge on any atom is -0.486 e. The quantitative estimate of drug-likeness (QED) is 0.708. The third-order valence-electron chi connectivity index (χ3n) is 6.76. The van der Waals surface area contributed by atoms with Gasteiger partial charge in [0.2, 0.25) is 0 Å². The van der Waals surface area contributed by atoms with Gasteiger partial charge in [-0.05, 0) is 36.6 Å². The second-order valence-electron chi connectivity index (χ2n) is 8.97. The zero-order valence-corrected chi connectivity index (χ0v) is 18.8. The summed E-state index contributed by atoms with van der Waals surface area (Å²) in [6, 6.07) is 12.3. The lowest BCUT2D eigenvalue weighted by Gasteiger charge is -2.44. The van der Waals surface area contributed by atoms with Crippen molar-refractivity contribution in [3.8, 4) is 11.5 Å². The number of hydrogen-bond donors (Lipinski definition) is 1. The number of rotatable bonds is 5. The molecule has 0 amide bonds. The van der Waals surface area contributed by atoms with E-state index in [1.807, 2.05) is 47.4 Å². The number of hydrogen-bond acceptors (Lipinski definition) is 6. The van der Waals surface area contributed by atoms with Gasteiger partial charge in [0.25, 0.3) is 0 Å². The fourth-order valence-electron chi connectivity index (χ4n) is 5.23. The van der Waals surface area contributed by atoms with Crippen molar-refractivity contribution in [2.75, 3.05) is 49.6 Å². The van der Waals surface area contributed by atoms with Crippen LogP contribution in [-0.4, -0.2) is 68.3 Å². The van der Waals surface area contributed by atoms with Crippen LogP contribution in [0.5, 0.6) is 11.5 Å². The molecule has 9 heteroatoms. The molecule has 3 aliphatic rings. The van der Waals surface area contributed by atoms with Crippen LogP contribution >= 0.6 is 0 Å². The van der Waals surface area contributed by atoms with Crippen LogP contribution in [0.4, 0.5) is 24.5 Å². The van der Waals surface area contributed by atoms with E-state index in [9.17, 15) is 18.0 Å². The Morgan fingerprint density at radius 3 is 2.59 bits per heavy atom. The van der Waals surface area contributed by atoms with E-state index in [1.54, 1.807) is 0 Å². The molecule has 1 saturated heterocycles. The number of carbonyl (C=O) groups excluding carboxylic acids is 1. The van der Waals surface area contributed by atoms with Gasteiger partial charge in [-0.2, -0.15) is 13.2 Å². The molecule has 0 aliphatic carbocycles. The Hall–Kier alpha value is -2.94. The Morgan fingerprint density at radius 2 is 1.79 bits per heavy atom. The highest BCUT2D eigenvalue weighted by Crippen LogP contribution is 2.40. The summed E-state index contributed by atoms with van der Waals surface area (Å²) < 4.78 is 51.1. The molecule has 2 atom stereocenters. The molecule has 1 N–H and O–H groups in total. The average Bonchev–Trinajstić information content (AvgIpc) is 2.83. The summed E-state index contributed by atoms with van der Waals surface area (Å²) in [6.45, 7) is 3.12. The van der Waals surface area contributed by atoms with Crippen LogP contribution in [0.15, 0.2) is 42.5 Å². The maximum atomic E-state index is 13.2. The molecule has 34 heavy (non-hydrogen) atoms. The Morgan fingerprint density at radius 1 is 1.03 bits per heavy atom. The van der Waals surface area contributed by atoms with Crippen molar-refractivity contribution in [3.63, 3.8) is 0 Å². The van der Waals surface area contributed by atoms with Crippen molar-refractivity contribution in [2.45, 2.75) is 37.5 Å². The van der Waals surface area contributed by atoms with Crippen molar-refractivity contribution in [3.05, 3.63) is 48.0 Å². The van der Waals surface area contributed by atoms with Crippen molar-refractivity contribution < 1.29 is 27.4 Å². The van der Waals surface area contributed by atoms with Crippen LogP contribution in [0.2, 0.25) is 0 Å². The molecule has 0 aromatic heterocycles. The first-order valence-electron chi connectivity index (χ1n) is 11.7. The molecule has 1 fully saturated rings. The highest BCUT2D eigenvalue weighted by molar-refractivity contribution is 5.86. The van der Waals surface area contributed by atoms with E-state index in [-0.39, 0.29) is 6.04 Å². The third-order valence-corrected chi connectivity index (χ3v) is 6.76. The predicted molar refractivity (Wildman–Crippen MR) is 123 cm³/mol. The van der Waals surface area contributed by atoms with Crippen molar-refractivity contribution in [1.29, 1.82) is 0 Å². The van der Waals surface area contributed by atoms with Gasteiger partial charge >= 0.3 is 6.18 Å². The first-order valence-corrected chi connectivity index (χ1v) is 11.7.